The van der Waals surface area contributed by atoms with Crippen molar-refractivity contribution in [2.24, 2.45) is 0 Å². The highest BCUT2D eigenvalue weighted by molar-refractivity contribution is 8.18. The first kappa shape index (κ1) is 23.6. The molecular formula is C27H26N2O4S. The summed E-state index contributed by atoms with van der Waals surface area (Å²) >= 11 is 0.834. The van der Waals surface area contributed by atoms with Crippen molar-refractivity contribution in [3.63, 3.8) is 0 Å². The molecule has 0 aliphatic carbocycles. The van der Waals surface area contributed by atoms with Crippen LogP contribution in [0, 0.1) is 0 Å². The van der Waals surface area contributed by atoms with Crippen molar-refractivity contribution in [2.75, 3.05) is 18.5 Å². The minimum Gasteiger partial charge on any atom is -0.493 e. The van der Waals surface area contributed by atoms with Gasteiger partial charge in [-0.05, 0) is 65.2 Å². The second kappa shape index (κ2) is 10.6. The Morgan fingerprint density at radius 2 is 1.79 bits per heavy atom. The van der Waals surface area contributed by atoms with E-state index >= 15 is 0 Å². The second-order valence-electron chi connectivity index (χ2n) is 7.91. The summed E-state index contributed by atoms with van der Waals surface area (Å²) in [6, 6.07) is 19.1. The van der Waals surface area contributed by atoms with Crippen molar-refractivity contribution in [3.8, 4) is 5.75 Å². The van der Waals surface area contributed by atoms with Crippen LogP contribution in [0.1, 0.15) is 31.4 Å². The molecule has 3 aromatic rings. The van der Waals surface area contributed by atoms with Crippen LogP contribution in [-0.4, -0.2) is 35.1 Å². The van der Waals surface area contributed by atoms with Crippen LogP contribution >= 0.6 is 11.8 Å². The first-order chi connectivity index (χ1) is 16.5. The molecule has 1 heterocycles. The molecule has 1 fully saturated rings. The summed E-state index contributed by atoms with van der Waals surface area (Å²) in [7, 11) is 0. The summed E-state index contributed by atoms with van der Waals surface area (Å²) in [5.74, 6) is -0.258. The van der Waals surface area contributed by atoms with Gasteiger partial charge in [0.1, 0.15) is 12.3 Å². The van der Waals surface area contributed by atoms with E-state index in [9.17, 15) is 14.4 Å². The number of hydrogen-bond donors (Lipinski definition) is 1. The number of ether oxygens (including phenoxy) is 1. The summed E-state index contributed by atoms with van der Waals surface area (Å²) < 4.78 is 5.91. The Bertz CT molecular complexity index is 1270. The zero-order valence-corrected chi connectivity index (χ0v) is 20.0. The van der Waals surface area contributed by atoms with Crippen LogP contribution in [0.15, 0.2) is 65.6 Å². The number of hydrogen-bond acceptors (Lipinski definition) is 5. The van der Waals surface area contributed by atoms with Crippen molar-refractivity contribution in [3.05, 3.63) is 76.7 Å². The average molecular weight is 475 g/mol. The third-order valence-electron chi connectivity index (χ3n) is 5.49. The lowest BCUT2D eigenvalue weighted by molar-refractivity contribution is -0.127. The monoisotopic (exact) mass is 474 g/mol. The maximum Gasteiger partial charge on any atom is 0.294 e. The van der Waals surface area contributed by atoms with Gasteiger partial charge in [0.15, 0.2) is 0 Å². The van der Waals surface area contributed by atoms with Gasteiger partial charge in [-0.25, -0.2) is 0 Å². The van der Waals surface area contributed by atoms with E-state index in [1.54, 1.807) is 6.08 Å². The van der Waals surface area contributed by atoms with E-state index in [0.29, 0.717) is 18.0 Å². The molecule has 1 aliphatic heterocycles. The number of nitrogens with one attached hydrogen (secondary N) is 1. The maximum absolute atomic E-state index is 13.0. The van der Waals surface area contributed by atoms with Crippen LogP contribution in [0.2, 0.25) is 0 Å². The van der Waals surface area contributed by atoms with E-state index in [-0.39, 0.29) is 11.4 Å². The fourth-order valence-electron chi connectivity index (χ4n) is 3.70. The van der Waals surface area contributed by atoms with Gasteiger partial charge >= 0.3 is 0 Å². The zero-order chi connectivity index (χ0) is 24.1. The topological polar surface area (TPSA) is 75.7 Å². The average Bonchev–Trinajstić information content (AvgIpc) is 3.11. The molecule has 1 aliphatic rings. The molecule has 1 N–H and O–H groups in total. The number of benzene rings is 3. The molecule has 4 rings (SSSR count). The summed E-state index contributed by atoms with van der Waals surface area (Å²) in [4.78, 5) is 39.4. The van der Waals surface area contributed by atoms with Crippen molar-refractivity contribution in [1.82, 2.24) is 4.90 Å². The molecule has 3 aromatic carbocycles. The third kappa shape index (κ3) is 5.15. The predicted molar refractivity (Wildman–Crippen MR) is 137 cm³/mol. The molecule has 0 atom stereocenters. The second-order valence-corrected chi connectivity index (χ2v) is 8.91. The summed E-state index contributed by atoms with van der Waals surface area (Å²) in [5.41, 5.74) is 2.53. The first-order valence-electron chi connectivity index (χ1n) is 11.3. The largest absolute Gasteiger partial charge is 0.493 e. The van der Waals surface area contributed by atoms with Crippen LogP contribution in [0.5, 0.6) is 5.75 Å². The number of carbonyl (C=O) groups is 3. The Labute approximate surface area is 203 Å². The SMILES string of the molecule is CCCOc1ccc2ccccc2c1/C=C1\SC(=O)N(CC(=O)Nc2ccc(CC)cc2)C1=O. The normalized spacial score (nSPS) is 14.8. The number of fused-ring (bicyclic) bond motifs is 1. The van der Waals surface area contributed by atoms with Gasteiger partial charge in [0.2, 0.25) is 5.91 Å². The fraction of sp³-hybridized carbons (Fsp3) is 0.222. The number of aryl methyl sites for hydroxylation is 1. The van der Waals surface area contributed by atoms with Gasteiger partial charge in [0, 0.05) is 11.3 Å². The number of imide groups is 1. The van der Waals surface area contributed by atoms with Crippen molar-refractivity contribution < 1.29 is 19.1 Å². The van der Waals surface area contributed by atoms with Crippen LogP contribution in [0.4, 0.5) is 10.5 Å². The molecule has 0 radical (unpaired) electrons. The van der Waals surface area contributed by atoms with E-state index in [0.717, 1.165) is 51.4 Å². The Morgan fingerprint density at radius 3 is 2.53 bits per heavy atom. The minimum absolute atomic E-state index is 0.266. The van der Waals surface area contributed by atoms with Gasteiger partial charge in [-0.15, -0.1) is 0 Å². The molecular weight excluding hydrogens is 448 g/mol. The third-order valence-corrected chi connectivity index (χ3v) is 6.40. The van der Waals surface area contributed by atoms with Crippen LogP contribution in [0.3, 0.4) is 0 Å². The Hall–Kier alpha value is -3.58. The van der Waals surface area contributed by atoms with Gasteiger partial charge in [0.25, 0.3) is 11.1 Å². The molecule has 6 nitrogen and oxygen atoms in total. The van der Waals surface area contributed by atoms with Crippen LogP contribution in [-0.2, 0) is 16.0 Å². The number of carbonyl (C=O) groups excluding carboxylic acids is 3. The summed E-state index contributed by atoms with van der Waals surface area (Å²) in [5, 5.41) is 4.21. The number of amides is 3. The zero-order valence-electron chi connectivity index (χ0n) is 19.2. The van der Waals surface area contributed by atoms with E-state index in [1.165, 1.54) is 0 Å². The summed E-state index contributed by atoms with van der Waals surface area (Å²) in [6.07, 6.45) is 3.44. The number of nitrogens with zero attached hydrogens (tertiary/aromatic N) is 1. The van der Waals surface area contributed by atoms with Gasteiger partial charge in [0.05, 0.1) is 11.5 Å². The highest BCUT2D eigenvalue weighted by atomic mass is 32.2. The van der Waals surface area contributed by atoms with Crippen LogP contribution in [0.25, 0.3) is 16.8 Å². The highest BCUT2D eigenvalue weighted by Crippen LogP contribution is 2.36. The smallest absolute Gasteiger partial charge is 0.294 e. The minimum atomic E-state index is -0.485. The van der Waals surface area contributed by atoms with Crippen molar-refractivity contribution >= 4 is 51.4 Å². The summed E-state index contributed by atoms with van der Waals surface area (Å²) in [6.45, 7) is 4.28. The molecule has 1 saturated heterocycles. The van der Waals surface area contributed by atoms with E-state index in [1.807, 2.05) is 67.6 Å². The van der Waals surface area contributed by atoms with Crippen molar-refractivity contribution in [2.45, 2.75) is 26.7 Å². The standard InChI is InChI=1S/C27H26N2O4S/c1-3-15-33-23-14-11-19-7-5-6-8-21(19)22(23)16-24-26(31)29(27(32)34-24)17-25(30)28-20-12-9-18(4-2)10-13-20/h5-14,16H,3-4,15,17H2,1-2H3,(H,28,30)/b24-16-. The lowest BCUT2D eigenvalue weighted by Gasteiger charge is -2.13. The number of thioether (sulfide) groups is 1. The van der Waals surface area contributed by atoms with E-state index in [2.05, 4.69) is 12.2 Å². The lowest BCUT2D eigenvalue weighted by atomic mass is 10.0. The van der Waals surface area contributed by atoms with Gasteiger partial charge in [-0.2, -0.15) is 0 Å². The fourth-order valence-corrected chi connectivity index (χ4v) is 4.52. The lowest BCUT2D eigenvalue weighted by Crippen LogP contribution is -2.36. The van der Waals surface area contributed by atoms with Crippen LogP contribution < -0.4 is 10.1 Å². The Balaban J connectivity index is 1.56. The predicted octanol–water partition coefficient (Wildman–Crippen LogP) is 5.87. The van der Waals surface area contributed by atoms with Crippen molar-refractivity contribution in [1.29, 1.82) is 0 Å². The highest BCUT2D eigenvalue weighted by Gasteiger charge is 2.36. The molecule has 0 spiro atoms. The van der Waals surface area contributed by atoms with Gasteiger partial charge in [-0.3, -0.25) is 19.3 Å². The van der Waals surface area contributed by atoms with Gasteiger partial charge < -0.3 is 10.1 Å². The molecule has 0 unspecified atom stereocenters. The molecule has 0 saturated carbocycles. The Morgan fingerprint density at radius 1 is 1.03 bits per heavy atom. The molecule has 34 heavy (non-hydrogen) atoms. The molecule has 0 aromatic heterocycles. The Kier molecular flexibility index (Phi) is 7.33. The molecule has 3 amide bonds. The molecule has 174 valence electrons. The number of rotatable bonds is 8. The van der Waals surface area contributed by atoms with Gasteiger partial charge in [-0.1, -0.05) is 56.3 Å². The molecule has 7 heteroatoms. The van der Waals surface area contributed by atoms with E-state index in [4.69, 9.17) is 4.74 Å². The number of anilines is 1. The quantitative estimate of drug-likeness (QED) is 0.414. The van der Waals surface area contributed by atoms with E-state index < -0.39 is 17.1 Å². The molecule has 0 bridgehead atoms. The first-order valence-corrected chi connectivity index (χ1v) is 12.1. The maximum atomic E-state index is 13.0.